The third-order valence-electron chi connectivity index (χ3n) is 2.83. The largest absolute Gasteiger partial charge is 0.375 e. The number of hydrogen-bond donors (Lipinski definition) is 3. The van der Waals surface area contributed by atoms with Gasteiger partial charge in [0.2, 0.25) is 0 Å². The number of ketones is 1. The summed E-state index contributed by atoms with van der Waals surface area (Å²) in [6.07, 6.45) is 0. The fourth-order valence-electron chi connectivity index (χ4n) is 1.82. The number of hydrogen-bond acceptors (Lipinski definition) is 8. The molecule has 2 rings (SSSR count). The second-order valence-electron chi connectivity index (χ2n) is 4.20. The van der Waals surface area contributed by atoms with E-state index in [-0.39, 0.29) is 15.1 Å². The molecule has 2 atom stereocenters. The second kappa shape index (κ2) is 5.05. The molecule has 0 bridgehead atoms. The average molecular weight is 334 g/mol. The lowest BCUT2D eigenvalue weighted by molar-refractivity contribution is -0.144. The van der Waals surface area contributed by atoms with Crippen molar-refractivity contribution in [1.82, 2.24) is 14.6 Å². The highest BCUT2D eigenvalue weighted by atomic mass is 32.2. The van der Waals surface area contributed by atoms with E-state index < -0.39 is 40.0 Å². The van der Waals surface area contributed by atoms with Gasteiger partial charge in [0.15, 0.2) is 5.13 Å². The number of nitrogens with zero attached hydrogens (tertiary/aromatic N) is 2. The Morgan fingerprint density at radius 3 is 2.57 bits per heavy atom. The van der Waals surface area contributed by atoms with Crippen LogP contribution in [0.5, 0.6) is 0 Å². The maximum absolute atomic E-state index is 11.7. The van der Waals surface area contributed by atoms with Crippen molar-refractivity contribution in [3.63, 3.8) is 0 Å². The molecule has 0 aliphatic carbocycles. The zero-order valence-electron chi connectivity index (χ0n) is 10.5. The molecular formula is C9H10N4O6S2. The smallest absolute Gasteiger partial charge is 0.362 e. The number of nitrogens with two attached hydrogens (primary N) is 1. The van der Waals surface area contributed by atoms with Gasteiger partial charge in [-0.1, -0.05) is 0 Å². The summed E-state index contributed by atoms with van der Waals surface area (Å²) in [5.41, 5.74) is 5.17. The molecule has 2 heterocycles. The van der Waals surface area contributed by atoms with E-state index in [9.17, 15) is 22.8 Å². The SMILES string of the molecule is C[C@@H]1[C@H](NC(=O)C(=O)c2csc(N)n2)C(=O)N1S(=O)(=O)O. The number of anilines is 1. The molecule has 4 N–H and O–H groups in total. The maximum Gasteiger partial charge on any atom is 0.362 e. The highest BCUT2D eigenvalue weighted by molar-refractivity contribution is 7.84. The van der Waals surface area contributed by atoms with Crippen molar-refractivity contribution >= 4 is 44.4 Å². The molecule has 2 amide bonds. The number of rotatable bonds is 4. The van der Waals surface area contributed by atoms with Crippen LogP contribution in [-0.4, -0.2) is 51.9 Å². The first kappa shape index (κ1) is 15.3. The van der Waals surface area contributed by atoms with E-state index in [2.05, 4.69) is 10.3 Å². The first-order chi connectivity index (χ1) is 9.62. The summed E-state index contributed by atoms with van der Waals surface area (Å²) < 4.78 is 30.8. The molecule has 1 aliphatic rings. The van der Waals surface area contributed by atoms with Crippen LogP contribution in [0, 0.1) is 0 Å². The molecule has 1 aliphatic heterocycles. The van der Waals surface area contributed by atoms with Gasteiger partial charge in [0.1, 0.15) is 11.7 Å². The van der Waals surface area contributed by atoms with Crippen molar-refractivity contribution in [1.29, 1.82) is 0 Å². The van der Waals surface area contributed by atoms with Crippen molar-refractivity contribution < 1.29 is 27.4 Å². The van der Waals surface area contributed by atoms with Crippen LogP contribution < -0.4 is 11.1 Å². The van der Waals surface area contributed by atoms with Gasteiger partial charge in [-0.25, -0.2) is 9.29 Å². The van der Waals surface area contributed by atoms with Crippen LogP contribution in [0.15, 0.2) is 5.38 Å². The minimum absolute atomic E-state index is 0.108. The molecule has 0 radical (unpaired) electrons. The number of nitrogen functional groups attached to an aromatic ring is 1. The Labute approximate surface area is 122 Å². The third-order valence-corrected chi connectivity index (χ3v) is 4.52. The van der Waals surface area contributed by atoms with Crippen LogP contribution in [0.2, 0.25) is 0 Å². The van der Waals surface area contributed by atoms with Gasteiger partial charge in [0.25, 0.3) is 17.6 Å². The molecule has 10 nitrogen and oxygen atoms in total. The van der Waals surface area contributed by atoms with Gasteiger partial charge < -0.3 is 11.1 Å². The molecule has 0 aromatic carbocycles. The molecular weight excluding hydrogens is 324 g/mol. The summed E-state index contributed by atoms with van der Waals surface area (Å²) in [5.74, 6) is -3.13. The quantitative estimate of drug-likeness (QED) is 0.257. The van der Waals surface area contributed by atoms with Crippen LogP contribution in [0.4, 0.5) is 5.13 Å². The van der Waals surface area contributed by atoms with Gasteiger partial charge in [-0.2, -0.15) is 8.42 Å². The number of carbonyl (C=O) groups is 3. The van der Waals surface area contributed by atoms with Crippen LogP contribution in [-0.2, 0) is 19.9 Å². The fraction of sp³-hybridized carbons (Fsp3) is 0.333. The van der Waals surface area contributed by atoms with E-state index in [1.54, 1.807) is 0 Å². The van der Waals surface area contributed by atoms with Crippen molar-refractivity contribution in [2.45, 2.75) is 19.0 Å². The predicted octanol–water partition coefficient (Wildman–Crippen LogP) is -1.57. The lowest BCUT2D eigenvalue weighted by Gasteiger charge is -2.41. The van der Waals surface area contributed by atoms with Crippen LogP contribution in [0.3, 0.4) is 0 Å². The number of nitrogens with one attached hydrogen (secondary N) is 1. The van der Waals surface area contributed by atoms with Gasteiger partial charge in [-0.05, 0) is 6.92 Å². The van der Waals surface area contributed by atoms with E-state index in [1.807, 2.05) is 0 Å². The molecule has 0 spiro atoms. The summed E-state index contributed by atoms with van der Waals surface area (Å²) in [4.78, 5) is 38.6. The van der Waals surface area contributed by atoms with Gasteiger partial charge in [0.05, 0.1) is 6.04 Å². The number of Topliss-reactive ketones (excluding diaryl/α,β-unsaturated/α-hetero) is 1. The Hall–Kier alpha value is -2.05. The van der Waals surface area contributed by atoms with Crippen molar-refractivity contribution in [2.24, 2.45) is 0 Å². The zero-order valence-corrected chi connectivity index (χ0v) is 12.1. The third kappa shape index (κ3) is 2.72. The maximum atomic E-state index is 11.7. The molecule has 114 valence electrons. The lowest BCUT2D eigenvalue weighted by atomic mass is 10.0. The fourth-order valence-corrected chi connectivity index (χ4v) is 3.24. The topological polar surface area (TPSA) is 160 Å². The molecule has 1 fully saturated rings. The minimum Gasteiger partial charge on any atom is -0.375 e. The summed E-state index contributed by atoms with van der Waals surface area (Å²) in [5, 5.41) is 3.49. The average Bonchev–Trinajstić information content (AvgIpc) is 2.80. The van der Waals surface area contributed by atoms with Gasteiger partial charge >= 0.3 is 10.3 Å². The number of thiazole rings is 1. The van der Waals surface area contributed by atoms with Crippen LogP contribution in [0.25, 0.3) is 0 Å². The Morgan fingerprint density at radius 1 is 1.52 bits per heavy atom. The van der Waals surface area contributed by atoms with Crippen molar-refractivity contribution in [2.75, 3.05) is 5.73 Å². The summed E-state index contributed by atoms with van der Waals surface area (Å²) >= 11 is 0.972. The van der Waals surface area contributed by atoms with Gasteiger partial charge in [-0.3, -0.25) is 18.9 Å². The highest BCUT2D eigenvalue weighted by Crippen LogP contribution is 2.23. The summed E-state index contributed by atoms with van der Waals surface area (Å²) in [6, 6.07) is -2.20. The van der Waals surface area contributed by atoms with Gasteiger partial charge in [-0.15, -0.1) is 11.3 Å². The van der Waals surface area contributed by atoms with Crippen molar-refractivity contribution in [3.05, 3.63) is 11.1 Å². The molecule has 0 saturated carbocycles. The molecule has 12 heteroatoms. The van der Waals surface area contributed by atoms with Crippen LogP contribution in [0.1, 0.15) is 17.4 Å². The number of amides is 2. The van der Waals surface area contributed by atoms with E-state index in [4.69, 9.17) is 10.3 Å². The Bertz CT molecular complexity index is 726. The first-order valence-electron chi connectivity index (χ1n) is 5.50. The van der Waals surface area contributed by atoms with E-state index in [0.29, 0.717) is 0 Å². The number of aromatic nitrogens is 1. The summed E-state index contributed by atoms with van der Waals surface area (Å²) in [7, 11) is -4.68. The minimum atomic E-state index is -4.68. The van der Waals surface area contributed by atoms with Gasteiger partial charge in [0, 0.05) is 5.38 Å². The predicted molar refractivity (Wildman–Crippen MR) is 70.6 cm³/mol. The molecule has 1 saturated heterocycles. The molecule has 1 aromatic heterocycles. The molecule has 1 aromatic rings. The number of carbonyl (C=O) groups excluding carboxylic acids is 3. The second-order valence-corrected chi connectivity index (χ2v) is 6.38. The Balaban J connectivity index is 2.05. The standard InChI is InChI=1S/C9H10N4O6S2/c1-3-5(8(16)13(3)21(17,18)19)12-7(15)6(14)4-2-20-9(10)11-4/h2-3,5H,1H3,(H2,10,11)(H,12,15)(H,17,18,19)/t3-,5+/m1/s1. The van der Waals surface area contributed by atoms with E-state index >= 15 is 0 Å². The zero-order chi connectivity index (χ0) is 15.9. The van der Waals surface area contributed by atoms with E-state index in [0.717, 1.165) is 11.3 Å². The lowest BCUT2D eigenvalue weighted by Crippen LogP contribution is -2.71. The Morgan fingerprint density at radius 2 is 2.14 bits per heavy atom. The monoisotopic (exact) mass is 334 g/mol. The molecule has 0 unspecified atom stereocenters. The van der Waals surface area contributed by atoms with Crippen molar-refractivity contribution in [3.8, 4) is 0 Å². The summed E-state index contributed by atoms with van der Waals surface area (Å²) in [6.45, 7) is 1.30. The number of β-lactam (4-membered cyclic amide) rings is 1. The highest BCUT2D eigenvalue weighted by Gasteiger charge is 2.51. The first-order valence-corrected chi connectivity index (χ1v) is 7.77. The van der Waals surface area contributed by atoms with E-state index in [1.165, 1.54) is 12.3 Å². The van der Waals surface area contributed by atoms with Crippen LogP contribution >= 0.6 is 11.3 Å². The molecule has 21 heavy (non-hydrogen) atoms. The normalized spacial score (nSPS) is 21.8. The Kier molecular flexibility index (Phi) is 3.69.